The summed E-state index contributed by atoms with van der Waals surface area (Å²) in [5.41, 5.74) is 3.63. The van der Waals surface area contributed by atoms with Crippen LogP contribution in [-0.4, -0.2) is 20.1 Å². The molecule has 0 spiro atoms. The van der Waals surface area contributed by atoms with E-state index in [1.807, 2.05) is 6.92 Å². The molecule has 1 aliphatic heterocycles. The van der Waals surface area contributed by atoms with Gasteiger partial charge in [0.2, 0.25) is 17.5 Å². The number of fused-ring (bicyclic) bond motifs is 1. The highest BCUT2D eigenvalue weighted by Crippen LogP contribution is 2.27. The lowest BCUT2D eigenvalue weighted by Crippen LogP contribution is -2.14. The van der Waals surface area contributed by atoms with Crippen molar-refractivity contribution in [1.29, 1.82) is 0 Å². The van der Waals surface area contributed by atoms with Crippen molar-refractivity contribution in [3.63, 3.8) is 0 Å². The fraction of sp³-hybridized carbons (Fsp3) is 0.250. The summed E-state index contributed by atoms with van der Waals surface area (Å²) in [6.45, 7) is 2.82. The minimum absolute atomic E-state index is 0.212. The van der Waals surface area contributed by atoms with Gasteiger partial charge in [0, 0.05) is 31.4 Å². The Hall–Kier alpha value is -2.60. The van der Waals surface area contributed by atoms with Crippen molar-refractivity contribution in [2.75, 3.05) is 0 Å². The number of hydrogen-bond donors (Lipinski definition) is 1. The minimum atomic E-state index is 0.212. The normalized spacial score (nSPS) is 16.7. The van der Waals surface area contributed by atoms with E-state index in [4.69, 9.17) is 4.52 Å². The van der Waals surface area contributed by atoms with Crippen molar-refractivity contribution in [2.24, 2.45) is 0 Å². The molecule has 1 atom stereocenters. The van der Waals surface area contributed by atoms with E-state index in [-0.39, 0.29) is 6.04 Å². The van der Waals surface area contributed by atoms with Gasteiger partial charge in [0.1, 0.15) is 0 Å². The molecule has 2 aromatic heterocycles. The summed E-state index contributed by atoms with van der Waals surface area (Å²) in [5, 5.41) is 7.44. The Bertz CT molecular complexity index is 796. The second kappa shape index (κ2) is 5.31. The molecule has 1 aromatic carbocycles. The zero-order valence-electron chi connectivity index (χ0n) is 12.2. The van der Waals surface area contributed by atoms with E-state index in [2.05, 4.69) is 49.7 Å². The van der Waals surface area contributed by atoms with Gasteiger partial charge in [-0.1, -0.05) is 29.4 Å². The molecule has 22 heavy (non-hydrogen) atoms. The van der Waals surface area contributed by atoms with Gasteiger partial charge in [-0.25, -0.2) is 9.97 Å². The highest BCUT2D eigenvalue weighted by atomic mass is 16.5. The van der Waals surface area contributed by atoms with Gasteiger partial charge >= 0.3 is 0 Å². The van der Waals surface area contributed by atoms with Crippen molar-refractivity contribution >= 4 is 0 Å². The third kappa shape index (κ3) is 2.37. The maximum Gasteiger partial charge on any atom is 0.240 e. The van der Waals surface area contributed by atoms with Crippen molar-refractivity contribution < 1.29 is 4.52 Å². The molecule has 3 heterocycles. The first-order valence-corrected chi connectivity index (χ1v) is 7.22. The Morgan fingerprint density at radius 1 is 1.18 bits per heavy atom. The molecule has 110 valence electrons. The van der Waals surface area contributed by atoms with Gasteiger partial charge in [0.15, 0.2) is 0 Å². The molecule has 0 fully saturated rings. The summed E-state index contributed by atoms with van der Waals surface area (Å²) in [6, 6.07) is 8.60. The van der Waals surface area contributed by atoms with E-state index < -0.39 is 0 Å². The lowest BCUT2D eigenvalue weighted by Gasteiger charge is -2.08. The van der Waals surface area contributed by atoms with Crippen molar-refractivity contribution in [3.05, 3.63) is 59.2 Å². The summed E-state index contributed by atoms with van der Waals surface area (Å²) in [6.07, 6.45) is 4.15. The van der Waals surface area contributed by atoms with Crippen molar-refractivity contribution in [2.45, 2.75) is 25.9 Å². The van der Waals surface area contributed by atoms with Crippen molar-refractivity contribution in [1.82, 2.24) is 25.4 Å². The number of nitrogens with zero attached hydrogens (tertiary/aromatic N) is 4. The van der Waals surface area contributed by atoms with Crippen LogP contribution in [0.2, 0.25) is 0 Å². The van der Waals surface area contributed by atoms with Gasteiger partial charge in [-0.15, -0.1) is 0 Å². The summed E-state index contributed by atoms with van der Waals surface area (Å²) in [5.74, 6) is 1.51. The molecule has 0 saturated heterocycles. The van der Waals surface area contributed by atoms with Crippen molar-refractivity contribution in [3.8, 4) is 11.6 Å². The molecule has 0 amide bonds. The summed E-state index contributed by atoms with van der Waals surface area (Å²) in [4.78, 5) is 12.8. The number of hydrogen-bond acceptors (Lipinski definition) is 6. The fourth-order valence-electron chi connectivity index (χ4n) is 2.67. The first-order valence-electron chi connectivity index (χ1n) is 7.22. The maximum absolute atomic E-state index is 5.35. The molecule has 0 saturated carbocycles. The molecule has 1 aliphatic rings. The Kier molecular flexibility index (Phi) is 3.16. The Labute approximate surface area is 127 Å². The smallest absolute Gasteiger partial charge is 0.240 e. The predicted octanol–water partition coefficient (Wildman–Crippen LogP) is 2.22. The molecule has 0 radical (unpaired) electrons. The quantitative estimate of drug-likeness (QED) is 0.798. The average Bonchev–Trinajstić information content (AvgIpc) is 3.16. The van der Waals surface area contributed by atoms with E-state index in [0.717, 1.165) is 12.1 Å². The van der Waals surface area contributed by atoms with Crippen LogP contribution in [0.15, 0.2) is 41.2 Å². The van der Waals surface area contributed by atoms with Crippen LogP contribution in [0.3, 0.4) is 0 Å². The molecule has 4 rings (SSSR count). The molecule has 0 aliphatic carbocycles. The van der Waals surface area contributed by atoms with Crippen LogP contribution in [0.5, 0.6) is 0 Å². The van der Waals surface area contributed by atoms with Gasteiger partial charge in [-0.3, -0.25) is 0 Å². The van der Waals surface area contributed by atoms with E-state index in [9.17, 15) is 0 Å². The molecule has 1 unspecified atom stereocenters. The van der Waals surface area contributed by atoms with E-state index >= 15 is 0 Å². The predicted molar refractivity (Wildman–Crippen MR) is 79.8 cm³/mol. The zero-order valence-corrected chi connectivity index (χ0v) is 12.2. The molecular formula is C16H15N5O. The van der Waals surface area contributed by atoms with Crippen LogP contribution < -0.4 is 5.32 Å². The van der Waals surface area contributed by atoms with Crippen LogP contribution >= 0.6 is 0 Å². The third-order valence-corrected chi connectivity index (χ3v) is 3.80. The van der Waals surface area contributed by atoms with E-state index in [1.165, 1.54) is 11.1 Å². The molecule has 0 bridgehead atoms. The van der Waals surface area contributed by atoms with E-state index in [0.29, 0.717) is 24.0 Å². The summed E-state index contributed by atoms with van der Waals surface area (Å²) in [7, 11) is 0. The van der Waals surface area contributed by atoms with Crippen LogP contribution in [0.1, 0.15) is 28.6 Å². The minimum Gasteiger partial charge on any atom is -0.339 e. The Morgan fingerprint density at radius 2 is 2.00 bits per heavy atom. The number of aromatic nitrogens is 4. The SMILES string of the molecule is Cc1cnc(-c2noc(CC3NCc4ccccc43)n2)nc1. The fourth-order valence-corrected chi connectivity index (χ4v) is 2.67. The Balaban J connectivity index is 1.54. The first-order chi connectivity index (χ1) is 10.8. The number of nitrogens with one attached hydrogen (secondary N) is 1. The van der Waals surface area contributed by atoms with Crippen LogP contribution in [-0.2, 0) is 13.0 Å². The second-order valence-electron chi connectivity index (χ2n) is 5.43. The number of benzene rings is 1. The van der Waals surface area contributed by atoms with Gasteiger partial charge in [-0.2, -0.15) is 4.98 Å². The van der Waals surface area contributed by atoms with Gasteiger partial charge in [0.25, 0.3) is 0 Å². The highest BCUT2D eigenvalue weighted by molar-refractivity contribution is 5.41. The monoisotopic (exact) mass is 293 g/mol. The third-order valence-electron chi connectivity index (χ3n) is 3.80. The lowest BCUT2D eigenvalue weighted by atomic mass is 10.0. The topological polar surface area (TPSA) is 76.7 Å². The molecule has 6 nitrogen and oxygen atoms in total. The van der Waals surface area contributed by atoms with Crippen LogP contribution in [0.4, 0.5) is 0 Å². The molecular weight excluding hydrogens is 278 g/mol. The van der Waals surface area contributed by atoms with Gasteiger partial charge in [0.05, 0.1) is 0 Å². The highest BCUT2D eigenvalue weighted by Gasteiger charge is 2.24. The van der Waals surface area contributed by atoms with Gasteiger partial charge in [-0.05, 0) is 23.6 Å². The largest absolute Gasteiger partial charge is 0.339 e. The first kappa shape index (κ1) is 13.1. The van der Waals surface area contributed by atoms with Gasteiger partial charge < -0.3 is 9.84 Å². The standard InChI is InChI=1S/C16H15N5O/c1-10-7-18-15(19-8-10)16-20-14(22-21-16)6-13-12-5-3-2-4-11(12)9-17-13/h2-5,7-8,13,17H,6,9H2,1H3. The van der Waals surface area contributed by atoms with Crippen LogP contribution in [0, 0.1) is 6.92 Å². The average molecular weight is 293 g/mol. The molecule has 1 N–H and O–H groups in total. The molecule has 3 aromatic rings. The summed E-state index contributed by atoms with van der Waals surface area (Å²) >= 11 is 0. The second-order valence-corrected chi connectivity index (χ2v) is 5.43. The number of aryl methyl sites for hydroxylation is 1. The van der Waals surface area contributed by atoms with E-state index in [1.54, 1.807) is 12.4 Å². The van der Waals surface area contributed by atoms with Crippen LogP contribution in [0.25, 0.3) is 11.6 Å². The summed E-state index contributed by atoms with van der Waals surface area (Å²) < 4.78 is 5.35. The molecule has 6 heteroatoms. The lowest BCUT2D eigenvalue weighted by molar-refractivity contribution is 0.362. The number of rotatable bonds is 3. The zero-order chi connectivity index (χ0) is 14.9. The Morgan fingerprint density at radius 3 is 2.86 bits per heavy atom. The maximum atomic E-state index is 5.35.